The zero-order chi connectivity index (χ0) is 27.4. The van der Waals surface area contributed by atoms with E-state index >= 15 is 0 Å². The number of amides is 4. The SMILES string of the molecule is CCCC[C@H]1C(=O)N(CC(C)=O)C(=O)N1CC.C[C@@H](CC(=O)O)C(=O)N[C@@H](C(=O)O)c1ccccc1. The van der Waals surface area contributed by atoms with Gasteiger partial charge in [-0.15, -0.1) is 0 Å². The molecule has 1 aromatic rings. The van der Waals surface area contributed by atoms with Gasteiger partial charge in [0, 0.05) is 12.5 Å². The van der Waals surface area contributed by atoms with Crippen molar-refractivity contribution < 1.29 is 39.0 Å². The van der Waals surface area contributed by atoms with Gasteiger partial charge in [0.2, 0.25) is 5.91 Å². The number of hydrogen-bond acceptors (Lipinski definition) is 6. The third-order valence-corrected chi connectivity index (χ3v) is 5.55. The van der Waals surface area contributed by atoms with Crippen molar-refractivity contribution in [2.75, 3.05) is 13.1 Å². The van der Waals surface area contributed by atoms with Crippen molar-refractivity contribution in [3.8, 4) is 0 Å². The lowest BCUT2D eigenvalue weighted by atomic mass is 10.0. The Labute approximate surface area is 210 Å². The Morgan fingerprint density at radius 1 is 1.06 bits per heavy atom. The third kappa shape index (κ3) is 8.79. The topological polar surface area (TPSA) is 161 Å². The van der Waals surface area contributed by atoms with Crippen LogP contribution < -0.4 is 5.32 Å². The normalized spacial score (nSPS) is 16.6. The summed E-state index contributed by atoms with van der Waals surface area (Å²) in [6, 6.07) is 6.36. The van der Waals surface area contributed by atoms with Crippen LogP contribution in [0.25, 0.3) is 0 Å². The van der Waals surface area contributed by atoms with Gasteiger partial charge in [-0.25, -0.2) is 9.59 Å². The molecular formula is C25H35N3O8. The summed E-state index contributed by atoms with van der Waals surface area (Å²) in [7, 11) is 0. The summed E-state index contributed by atoms with van der Waals surface area (Å²) in [4.78, 5) is 71.0. The number of benzene rings is 1. The van der Waals surface area contributed by atoms with Gasteiger partial charge in [-0.2, -0.15) is 0 Å². The molecule has 2 rings (SSSR count). The predicted octanol–water partition coefficient (Wildman–Crippen LogP) is 2.46. The van der Waals surface area contributed by atoms with E-state index < -0.39 is 29.8 Å². The Morgan fingerprint density at radius 3 is 2.14 bits per heavy atom. The second-order valence-electron chi connectivity index (χ2n) is 8.54. The number of urea groups is 1. The number of imide groups is 1. The van der Waals surface area contributed by atoms with Crippen molar-refractivity contribution >= 4 is 35.6 Å². The molecule has 3 atom stereocenters. The molecular weight excluding hydrogens is 470 g/mol. The highest BCUT2D eigenvalue weighted by Crippen LogP contribution is 2.21. The average molecular weight is 506 g/mol. The van der Waals surface area contributed by atoms with Crippen LogP contribution in [0.3, 0.4) is 0 Å². The number of Topliss-reactive ketones (excluding diaryl/α,β-unsaturated/α-hetero) is 1. The zero-order valence-corrected chi connectivity index (χ0v) is 21.1. The van der Waals surface area contributed by atoms with E-state index in [0.29, 0.717) is 18.5 Å². The average Bonchev–Trinajstić information content (AvgIpc) is 3.04. The van der Waals surface area contributed by atoms with Gasteiger partial charge < -0.3 is 20.4 Å². The van der Waals surface area contributed by atoms with Crippen LogP contribution in [0.4, 0.5) is 4.79 Å². The minimum atomic E-state index is -1.19. The van der Waals surface area contributed by atoms with E-state index in [1.807, 2.05) is 13.8 Å². The van der Waals surface area contributed by atoms with Crippen molar-refractivity contribution in [2.24, 2.45) is 5.92 Å². The van der Waals surface area contributed by atoms with E-state index in [9.17, 15) is 28.8 Å². The summed E-state index contributed by atoms with van der Waals surface area (Å²) in [6.07, 6.45) is 2.24. The molecule has 0 aliphatic carbocycles. The summed E-state index contributed by atoms with van der Waals surface area (Å²) in [5, 5.41) is 20.0. The van der Waals surface area contributed by atoms with E-state index in [-0.39, 0.29) is 36.7 Å². The van der Waals surface area contributed by atoms with Crippen LogP contribution in [0, 0.1) is 5.92 Å². The zero-order valence-electron chi connectivity index (χ0n) is 21.1. The second-order valence-corrected chi connectivity index (χ2v) is 8.54. The molecule has 11 nitrogen and oxygen atoms in total. The number of unbranched alkanes of at least 4 members (excludes halogenated alkanes) is 1. The fourth-order valence-electron chi connectivity index (χ4n) is 3.67. The first-order valence-corrected chi connectivity index (χ1v) is 11.9. The molecule has 1 fully saturated rings. The molecule has 1 heterocycles. The van der Waals surface area contributed by atoms with Crippen molar-refractivity contribution in [1.82, 2.24) is 15.1 Å². The molecule has 0 unspecified atom stereocenters. The minimum absolute atomic E-state index is 0.100. The standard InChI is InChI=1S/C13H15NO5.C12H20N2O3/c1-8(7-10(15)16)12(17)14-11(13(18)19)9-5-3-2-4-6-9;1-4-6-7-10-11(16)14(8-9(3)15)12(17)13(10)5-2/h2-6,8,11H,7H2,1H3,(H,14,17)(H,15,16)(H,18,19);10H,4-8H2,1-3H3/t8-,11+;10-/m00/s1. The van der Waals surface area contributed by atoms with Gasteiger partial charge >= 0.3 is 18.0 Å². The van der Waals surface area contributed by atoms with Crippen LogP contribution in [0.5, 0.6) is 0 Å². The Hall–Kier alpha value is -3.76. The van der Waals surface area contributed by atoms with Crippen LogP contribution in [0.1, 0.15) is 65.0 Å². The number of carboxylic acid groups (broad SMARTS) is 2. The smallest absolute Gasteiger partial charge is 0.330 e. The first-order valence-electron chi connectivity index (χ1n) is 11.9. The first kappa shape index (κ1) is 30.3. The van der Waals surface area contributed by atoms with Crippen LogP contribution in [-0.4, -0.2) is 74.7 Å². The number of rotatable bonds is 12. The Kier molecular flexibility index (Phi) is 12.3. The van der Waals surface area contributed by atoms with Gasteiger partial charge in [-0.05, 0) is 25.8 Å². The van der Waals surface area contributed by atoms with Gasteiger partial charge in [0.1, 0.15) is 11.8 Å². The number of ketones is 1. The first-order chi connectivity index (χ1) is 16.9. The molecule has 1 saturated heterocycles. The quantitative estimate of drug-likeness (QED) is 0.365. The molecule has 1 aromatic carbocycles. The van der Waals surface area contributed by atoms with Crippen molar-refractivity contribution in [3.63, 3.8) is 0 Å². The minimum Gasteiger partial charge on any atom is -0.481 e. The predicted molar refractivity (Wildman–Crippen MR) is 130 cm³/mol. The molecule has 1 aliphatic rings. The largest absolute Gasteiger partial charge is 0.481 e. The summed E-state index contributed by atoms with van der Waals surface area (Å²) in [5.41, 5.74) is 0.436. The van der Waals surface area contributed by atoms with Crippen molar-refractivity contribution in [3.05, 3.63) is 35.9 Å². The molecule has 0 spiro atoms. The maximum atomic E-state index is 12.0. The number of aliphatic carboxylic acids is 2. The Bertz CT molecular complexity index is 950. The van der Waals surface area contributed by atoms with E-state index in [4.69, 9.17) is 10.2 Å². The van der Waals surface area contributed by atoms with Crippen LogP contribution in [0.2, 0.25) is 0 Å². The van der Waals surface area contributed by atoms with Gasteiger partial charge in [-0.1, -0.05) is 57.0 Å². The number of nitrogens with zero attached hydrogens (tertiary/aromatic N) is 2. The Morgan fingerprint density at radius 2 is 1.67 bits per heavy atom. The van der Waals surface area contributed by atoms with Gasteiger partial charge in [0.25, 0.3) is 5.91 Å². The summed E-state index contributed by atoms with van der Waals surface area (Å²) >= 11 is 0. The van der Waals surface area contributed by atoms with E-state index in [2.05, 4.69) is 5.32 Å². The molecule has 4 amide bonds. The maximum Gasteiger partial charge on any atom is 0.330 e. The molecule has 36 heavy (non-hydrogen) atoms. The van der Waals surface area contributed by atoms with Crippen LogP contribution in [0.15, 0.2) is 30.3 Å². The van der Waals surface area contributed by atoms with Crippen LogP contribution in [-0.2, 0) is 24.0 Å². The third-order valence-electron chi connectivity index (χ3n) is 5.55. The molecule has 3 N–H and O–H groups in total. The number of hydrogen-bond donors (Lipinski definition) is 3. The fraction of sp³-hybridized carbons (Fsp3) is 0.520. The molecule has 1 aliphatic heterocycles. The lowest BCUT2D eigenvalue weighted by Crippen LogP contribution is -2.37. The monoisotopic (exact) mass is 505 g/mol. The van der Waals surface area contributed by atoms with E-state index in [1.165, 1.54) is 13.8 Å². The highest BCUT2D eigenvalue weighted by atomic mass is 16.4. The fourth-order valence-corrected chi connectivity index (χ4v) is 3.67. The number of carbonyl (C=O) groups is 6. The summed E-state index contributed by atoms with van der Waals surface area (Å²) in [6.45, 7) is 7.12. The number of carboxylic acids is 2. The number of likely N-dealkylation sites (N-methyl/N-ethyl adjacent to an activating group) is 1. The van der Waals surface area contributed by atoms with Crippen LogP contribution >= 0.6 is 0 Å². The van der Waals surface area contributed by atoms with Gasteiger partial charge in [-0.3, -0.25) is 24.1 Å². The highest BCUT2D eigenvalue weighted by molar-refractivity contribution is 6.06. The molecule has 0 radical (unpaired) electrons. The lowest BCUT2D eigenvalue weighted by molar-refractivity contribution is -0.143. The lowest BCUT2D eigenvalue weighted by Gasteiger charge is -2.19. The molecule has 198 valence electrons. The number of carbonyl (C=O) groups excluding carboxylic acids is 4. The maximum absolute atomic E-state index is 12.0. The second kappa shape index (κ2) is 14.6. The molecule has 0 bridgehead atoms. The van der Waals surface area contributed by atoms with Crippen molar-refractivity contribution in [2.45, 2.75) is 65.5 Å². The van der Waals surface area contributed by atoms with Crippen molar-refractivity contribution in [1.29, 1.82) is 0 Å². The summed E-state index contributed by atoms with van der Waals surface area (Å²) < 4.78 is 0. The molecule has 0 saturated carbocycles. The van der Waals surface area contributed by atoms with Gasteiger partial charge in [0.15, 0.2) is 6.04 Å². The summed E-state index contributed by atoms with van der Waals surface area (Å²) in [5.74, 6) is -4.07. The van der Waals surface area contributed by atoms with E-state index in [1.54, 1.807) is 35.2 Å². The number of nitrogens with one attached hydrogen (secondary N) is 1. The molecule has 11 heteroatoms. The molecule has 0 aromatic heterocycles. The van der Waals surface area contributed by atoms with E-state index in [0.717, 1.165) is 17.7 Å². The highest BCUT2D eigenvalue weighted by Gasteiger charge is 2.43. The Balaban J connectivity index is 0.000000362. The van der Waals surface area contributed by atoms with Gasteiger partial charge in [0.05, 0.1) is 13.0 Å².